The van der Waals surface area contributed by atoms with Crippen LogP contribution in [0.3, 0.4) is 0 Å². The third kappa shape index (κ3) is 5.91. The van der Waals surface area contributed by atoms with Crippen LogP contribution in [0.15, 0.2) is 60.2 Å². The molecule has 0 radical (unpaired) electrons. The van der Waals surface area contributed by atoms with E-state index in [-0.39, 0.29) is 11.8 Å². The van der Waals surface area contributed by atoms with E-state index in [0.29, 0.717) is 22.4 Å². The molecule has 2 heterocycles. The van der Waals surface area contributed by atoms with Gasteiger partial charge in [0.05, 0.1) is 11.6 Å². The van der Waals surface area contributed by atoms with Crippen molar-refractivity contribution in [2.45, 2.75) is 57.8 Å². The van der Waals surface area contributed by atoms with Gasteiger partial charge < -0.3 is 10.2 Å². The quantitative estimate of drug-likeness (QED) is 0.376. The largest absolute Gasteiger partial charge is 0.371 e. The lowest BCUT2D eigenvalue weighted by Crippen LogP contribution is -2.45. The number of amides is 2. The molecule has 2 N–H and O–H groups in total. The Hall–Kier alpha value is -3.89. The normalized spacial score (nSPS) is 21.3. The van der Waals surface area contributed by atoms with Crippen LogP contribution in [0.5, 0.6) is 0 Å². The monoisotopic (exact) mass is 523 g/mol. The molecule has 2 fully saturated rings. The molecule has 2 aliphatic heterocycles. The molecule has 0 bridgehead atoms. The van der Waals surface area contributed by atoms with E-state index in [4.69, 9.17) is 0 Å². The number of nitrogens with one attached hydrogen (secondary N) is 2. The molecule has 1 unspecified atom stereocenters. The Morgan fingerprint density at radius 3 is 2.38 bits per heavy atom. The predicted molar refractivity (Wildman–Crippen MR) is 154 cm³/mol. The molecule has 7 nitrogen and oxygen atoms in total. The Morgan fingerprint density at radius 1 is 1.00 bits per heavy atom. The van der Waals surface area contributed by atoms with Crippen LogP contribution in [0.1, 0.15) is 72.5 Å². The van der Waals surface area contributed by atoms with Crippen LogP contribution in [0.4, 0.5) is 11.4 Å². The lowest BCUT2D eigenvalue weighted by Gasteiger charge is -2.36. The first-order chi connectivity index (χ1) is 18.9. The number of piperidine rings is 1. The van der Waals surface area contributed by atoms with Gasteiger partial charge >= 0.3 is 0 Å². The molecule has 2 aromatic rings. The lowest BCUT2D eigenvalue weighted by molar-refractivity contribution is -0.122. The first-order valence-corrected chi connectivity index (χ1v) is 14.0. The van der Waals surface area contributed by atoms with E-state index in [1.807, 2.05) is 42.3 Å². The summed E-state index contributed by atoms with van der Waals surface area (Å²) in [4.78, 5) is 28.5. The van der Waals surface area contributed by atoms with Crippen molar-refractivity contribution in [1.82, 2.24) is 10.4 Å². The van der Waals surface area contributed by atoms with Crippen molar-refractivity contribution < 1.29 is 9.59 Å². The molecule has 0 spiro atoms. The van der Waals surface area contributed by atoms with Crippen LogP contribution in [-0.4, -0.2) is 43.0 Å². The van der Waals surface area contributed by atoms with Crippen molar-refractivity contribution >= 4 is 23.2 Å². The van der Waals surface area contributed by atoms with Crippen molar-refractivity contribution in [1.29, 1.82) is 5.26 Å². The number of allylic oxidation sites excluding steroid dienone is 3. The molecule has 0 saturated carbocycles. The number of nitrogens with zero attached hydrogens (tertiary/aromatic N) is 3. The van der Waals surface area contributed by atoms with Gasteiger partial charge in [0, 0.05) is 54.1 Å². The summed E-state index contributed by atoms with van der Waals surface area (Å²) in [5.74, 6) is -0.307. The Balaban J connectivity index is 1.36. The summed E-state index contributed by atoms with van der Waals surface area (Å²) in [5, 5.41) is 14.6. The maximum atomic E-state index is 13.3. The Labute approximate surface area is 231 Å². The first-order valence-electron chi connectivity index (χ1n) is 14.0. The zero-order chi connectivity index (χ0) is 27.4. The fourth-order valence-electron chi connectivity index (χ4n) is 5.81. The third-order valence-corrected chi connectivity index (χ3v) is 8.10. The summed E-state index contributed by atoms with van der Waals surface area (Å²) in [6.07, 6.45) is 12.8. The number of anilines is 2. The molecule has 0 aromatic heterocycles. The van der Waals surface area contributed by atoms with E-state index in [9.17, 15) is 14.9 Å². The highest BCUT2D eigenvalue weighted by atomic mass is 16.2. The number of rotatable bonds is 7. The first kappa shape index (κ1) is 26.7. The van der Waals surface area contributed by atoms with Crippen molar-refractivity contribution in [3.63, 3.8) is 0 Å². The molecule has 2 aromatic carbocycles. The standard InChI is InChI=1S/C32H37N5O2/c1-23-9-10-27(34-31(39)26-17-25(22-33)18-28(19-26)36-13-6-7-14-36)20-29(23)32(11-8-12-32)21-24(2)30(38)35-37-15-4-3-5-16-37/h8-11,17-21H,3-7,12-16H2,1-2H3,(H,34,39)(H,35,38)/b24-21+. The highest BCUT2D eigenvalue weighted by Gasteiger charge is 2.34. The molecule has 202 valence electrons. The summed E-state index contributed by atoms with van der Waals surface area (Å²) in [5.41, 5.74) is 8.08. The van der Waals surface area contributed by atoms with E-state index in [2.05, 4.69) is 46.9 Å². The zero-order valence-electron chi connectivity index (χ0n) is 22.9. The second kappa shape index (κ2) is 11.5. The molecular weight excluding hydrogens is 486 g/mol. The van der Waals surface area contributed by atoms with E-state index in [1.165, 1.54) is 6.42 Å². The Kier molecular flexibility index (Phi) is 7.85. The van der Waals surface area contributed by atoms with E-state index < -0.39 is 5.41 Å². The van der Waals surface area contributed by atoms with Crippen LogP contribution < -0.4 is 15.6 Å². The molecule has 39 heavy (non-hydrogen) atoms. The van der Waals surface area contributed by atoms with Gasteiger partial charge in [0.1, 0.15) is 0 Å². The van der Waals surface area contributed by atoms with Crippen LogP contribution in [0, 0.1) is 18.3 Å². The maximum absolute atomic E-state index is 13.3. The van der Waals surface area contributed by atoms with Gasteiger partial charge in [-0.05, 0) is 87.4 Å². The number of carbonyl (C=O) groups is 2. The van der Waals surface area contributed by atoms with Crippen LogP contribution >= 0.6 is 0 Å². The number of carbonyl (C=O) groups excluding carboxylic acids is 2. The fourth-order valence-corrected chi connectivity index (χ4v) is 5.81. The molecular formula is C32H37N5O2. The molecule has 3 aliphatic rings. The van der Waals surface area contributed by atoms with Gasteiger partial charge in [-0.15, -0.1) is 0 Å². The van der Waals surface area contributed by atoms with Gasteiger partial charge in [-0.25, -0.2) is 5.01 Å². The lowest BCUT2D eigenvalue weighted by atomic mass is 9.68. The SMILES string of the molecule is C/C(=C\C1(c2cc(NC(=O)c3cc(C#N)cc(N4CCCC4)c3)ccc2C)C=CC1)C(=O)NN1CCCCC1. The molecule has 1 atom stereocenters. The van der Waals surface area contributed by atoms with Gasteiger partial charge in [-0.1, -0.05) is 30.7 Å². The van der Waals surface area contributed by atoms with Gasteiger partial charge in [-0.3, -0.25) is 15.0 Å². The average molecular weight is 524 g/mol. The summed E-state index contributed by atoms with van der Waals surface area (Å²) < 4.78 is 0. The van der Waals surface area contributed by atoms with E-state index in [1.54, 1.807) is 6.07 Å². The van der Waals surface area contributed by atoms with Gasteiger partial charge in [0.15, 0.2) is 0 Å². The number of hydrazine groups is 1. The average Bonchev–Trinajstić information content (AvgIpc) is 3.47. The minimum atomic E-state index is -0.391. The number of hydrogen-bond acceptors (Lipinski definition) is 5. The van der Waals surface area contributed by atoms with Crippen LogP contribution in [0.25, 0.3) is 0 Å². The smallest absolute Gasteiger partial charge is 0.260 e. The number of hydrogen-bond donors (Lipinski definition) is 2. The molecule has 7 heteroatoms. The van der Waals surface area contributed by atoms with Crippen LogP contribution in [0.2, 0.25) is 0 Å². The van der Waals surface area contributed by atoms with E-state index in [0.717, 1.165) is 75.1 Å². The third-order valence-electron chi connectivity index (χ3n) is 8.10. The molecule has 2 amide bonds. The second-order valence-corrected chi connectivity index (χ2v) is 11.0. The highest BCUT2D eigenvalue weighted by Crippen LogP contribution is 2.42. The summed E-state index contributed by atoms with van der Waals surface area (Å²) in [7, 11) is 0. The van der Waals surface area contributed by atoms with Crippen molar-refractivity contribution in [3.8, 4) is 6.07 Å². The zero-order valence-corrected chi connectivity index (χ0v) is 22.9. The minimum absolute atomic E-state index is 0.0649. The molecule has 5 rings (SSSR count). The molecule has 1 aliphatic carbocycles. The topological polar surface area (TPSA) is 88.5 Å². The minimum Gasteiger partial charge on any atom is -0.371 e. The maximum Gasteiger partial charge on any atom is 0.260 e. The summed E-state index contributed by atoms with van der Waals surface area (Å²) in [6.45, 7) is 7.59. The number of benzene rings is 2. The van der Waals surface area contributed by atoms with Crippen molar-refractivity contribution in [2.75, 3.05) is 36.4 Å². The number of nitriles is 1. The van der Waals surface area contributed by atoms with Crippen molar-refractivity contribution in [3.05, 3.63) is 82.5 Å². The van der Waals surface area contributed by atoms with Crippen molar-refractivity contribution in [2.24, 2.45) is 0 Å². The fraction of sp³-hybridized carbons (Fsp3) is 0.406. The van der Waals surface area contributed by atoms with E-state index >= 15 is 0 Å². The second-order valence-electron chi connectivity index (χ2n) is 11.0. The Bertz CT molecular complexity index is 1360. The Morgan fingerprint density at radius 2 is 1.72 bits per heavy atom. The van der Waals surface area contributed by atoms with Gasteiger partial charge in [-0.2, -0.15) is 5.26 Å². The van der Waals surface area contributed by atoms with Gasteiger partial charge in [0.25, 0.3) is 11.8 Å². The summed E-state index contributed by atoms with van der Waals surface area (Å²) >= 11 is 0. The summed E-state index contributed by atoms with van der Waals surface area (Å²) in [6, 6.07) is 13.5. The molecule has 2 saturated heterocycles. The highest BCUT2D eigenvalue weighted by molar-refractivity contribution is 6.05. The van der Waals surface area contributed by atoms with Crippen LogP contribution in [-0.2, 0) is 10.2 Å². The predicted octanol–water partition coefficient (Wildman–Crippen LogP) is 5.38. The number of aryl methyl sites for hydroxylation is 1. The van der Waals surface area contributed by atoms with Gasteiger partial charge in [0.2, 0.25) is 0 Å².